The lowest BCUT2D eigenvalue weighted by molar-refractivity contribution is -0.111. The smallest absolute Gasteiger partial charge is 0.335 e. The summed E-state index contributed by atoms with van der Waals surface area (Å²) < 4.78 is 1.36. The second kappa shape index (κ2) is 9.08. The molecule has 166 valence electrons. The number of anilines is 1. The first-order chi connectivity index (χ1) is 15.9. The van der Waals surface area contributed by atoms with Crippen molar-refractivity contribution in [1.29, 1.82) is 0 Å². The third-order valence-electron chi connectivity index (χ3n) is 5.75. The van der Waals surface area contributed by atoms with Crippen LogP contribution in [0.15, 0.2) is 77.9 Å². The Morgan fingerprint density at radius 1 is 1.12 bits per heavy atom. The molecule has 7 heteroatoms. The Kier molecular flexibility index (Phi) is 6.04. The molecule has 0 bridgehead atoms. The van der Waals surface area contributed by atoms with Gasteiger partial charge < -0.3 is 15.2 Å². The van der Waals surface area contributed by atoms with Crippen LogP contribution in [0.2, 0.25) is 0 Å². The molecule has 0 radical (unpaired) electrons. The third kappa shape index (κ3) is 4.25. The lowest BCUT2D eigenvalue weighted by Crippen LogP contribution is -2.28. The maximum atomic E-state index is 13.3. The van der Waals surface area contributed by atoms with Crippen molar-refractivity contribution < 1.29 is 14.7 Å². The van der Waals surface area contributed by atoms with Gasteiger partial charge in [0.1, 0.15) is 6.29 Å². The second-order valence-electron chi connectivity index (χ2n) is 7.94. The second-order valence-corrected chi connectivity index (χ2v) is 7.94. The molecule has 0 amide bonds. The van der Waals surface area contributed by atoms with E-state index in [1.54, 1.807) is 19.9 Å². The molecule has 1 aromatic heterocycles. The number of aldehydes is 1. The van der Waals surface area contributed by atoms with Gasteiger partial charge in [-0.3, -0.25) is 9.36 Å². The molecule has 0 saturated carbocycles. The van der Waals surface area contributed by atoms with Crippen LogP contribution in [0.25, 0.3) is 16.5 Å². The first-order valence-electron chi connectivity index (χ1n) is 10.5. The van der Waals surface area contributed by atoms with Crippen LogP contribution in [0, 0.1) is 12.8 Å². The fraction of sp³-hybridized carbons (Fsp3) is 0.154. The maximum Gasteiger partial charge on any atom is 0.335 e. The van der Waals surface area contributed by atoms with Crippen LogP contribution in [0.3, 0.4) is 0 Å². The summed E-state index contributed by atoms with van der Waals surface area (Å²) >= 11 is 0. The highest BCUT2D eigenvalue weighted by atomic mass is 16.4. The van der Waals surface area contributed by atoms with E-state index in [4.69, 9.17) is 0 Å². The molecule has 0 aliphatic rings. The largest absolute Gasteiger partial charge is 0.478 e. The van der Waals surface area contributed by atoms with Crippen molar-refractivity contribution in [3.8, 4) is 5.69 Å². The first kappa shape index (κ1) is 22.0. The van der Waals surface area contributed by atoms with Gasteiger partial charge >= 0.3 is 5.97 Å². The van der Waals surface area contributed by atoms with E-state index in [9.17, 15) is 19.5 Å². The standard InChI is InChI=1S/C26H23N3O4/c1-16-10-11-19(26(32)33)14-22(16)29-13-12-27-24(25(29)31)28-23(17(2)15-30)21-9-5-7-18-6-3-4-8-20(18)21/h3-15,17,23H,1-2H3,(H,27,28)(H,32,33)/t17-,23+/m0/s1. The van der Waals surface area contributed by atoms with Crippen molar-refractivity contribution in [2.24, 2.45) is 5.92 Å². The average molecular weight is 441 g/mol. The molecule has 4 aromatic rings. The summed E-state index contributed by atoms with van der Waals surface area (Å²) in [5.41, 5.74) is 1.72. The summed E-state index contributed by atoms with van der Waals surface area (Å²) in [6.07, 6.45) is 3.82. The first-order valence-corrected chi connectivity index (χ1v) is 10.5. The normalized spacial score (nSPS) is 12.8. The van der Waals surface area contributed by atoms with Gasteiger partial charge in [-0.1, -0.05) is 55.5 Å². The topological polar surface area (TPSA) is 101 Å². The van der Waals surface area contributed by atoms with Gasteiger partial charge in [-0.25, -0.2) is 9.78 Å². The zero-order valence-electron chi connectivity index (χ0n) is 18.2. The molecule has 4 rings (SSSR count). The van der Waals surface area contributed by atoms with Crippen LogP contribution >= 0.6 is 0 Å². The van der Waals surface area contributed by atoms with Crippen LogP contribution in [0.1, 0.15) is 34.5 Å². The van der Waals surface area contributed by atoms with E-state index >= 15 is 0 Å². The van der Waals surface area contributed by atoms with Gasteiger partial charge in [-0.2, -0.15) is 0 Å². The zero-order valence-corrected chi connectivity index (χ0v) is 18.2. The summed E-state index contributed by atoms with van der Waals surface area (Å²) in [5, 5.41) is 14.5. The minimum atomic E-state index is -1.08. The Bertz CT molecular complexity index is 1410. The van der Waals surface area contributed by atoms with Crippen molar-refractivity contribution in [2.75, 3.05) is 5.32 Å². The highest BCUT2D eigenvalue weighted by Gasteiger charge is 2.23. The molecule has 0 aliphatic carbocycles. The third-order valence-corrected chi connectivity index (χ3v) is 5.75. The predicted octanol–water partition coefficient (Wildman–Crippen LogP) is 4.38. The predicted molar refractivity (Wildman–Crippen MR) is 127 cm³/mol. The molecule has 3 aromatic carbocycles. The number of aromatic carboxylic acids is 1. The number of rotatable bonds is 7. The van der Waals surface area contributed by atoms with Gasteiger partial charge in [0.25, 0.3) is 5.56 Å². The molecular weight excluding hydrogens is 418 g/mol. The Morgan fingerprint density at radius 2 is 1.88 bits per heavy atom. The molecule has 0 aliphatic heterocycles. The van der Waals surface area contributed by atoms with Gasteiger partial charge in [0.15, 0.2) is 5.82 Å². The van der Waals surface area contributed by atoms with Gasteiger partial charge in [0.2, 0.25) is 0 Å². The van der Waals surface area contributed by atoms with Gasteiger partial charge in [-0.15, -0.1) is 0 Å². The molecule has 7 nitrogen and oxygen atoms in total. The Morgan fingerprint density at radius 3 is 2.64 bits per heavy atom. The highest BCUT2D eigenvalue weighted by Crippen LogP contribution is 2.30. The van der Waals surface area contributed by atoms with Crippen LogP contribution in [-0.2, 0) is 4.79 Å². The number of nitrogens with zero attached hydrogens (tertiary/aromatic N) is 2. The molecule has 1 heterocycles. The lowest BCUT2D eigenvalue weighted by atomic mass is 9.91. The molecule has 0 spiro atoms. The summed E-state index contributed by atoms with van der Waals surface area (Å²) in [4.78, 5) is 40.8. The summed E-state index contributed by atoms with van der Waals surface area (Å²) in [6, 6.07) is 17.8. The highest BCUT2D eigenvalue weighted by molar-refractivity contribution is 5.88. The van der Waals surface area contributed by atoms with Crippen LogP contribution in [-0.4, -0.2) is 26.9 Å². The number of aromatic nitrogens is 2. The summed E-state index contributed by atoms with van der Waals surface area (Å²) in [6.45, 7) is 3.59. The van der Waals surface area contributed by atoms with E-state index in [2.05, 4.69) is 10.3 Å². The van der Waals surface area contributed by atoms with Crippen LogP contribution in [0.5, 0.6) is 0 Å². The van der Waals surface area contributed by atoms with Crippen molar-refractivity contribution in [1.82, 2.24) is 9.55 Å². The van der Waals surface area contributed by atoms with Crippen LogP contribution < -0.4 is 10.9 Å². The van der Waals surface area contributed by atoms with E-state index in [1.165, 1.54) is 29.1 Å². The molecule has 2 N–H and O–H groups in total. The maximum absolute atomic E-state index is 13.3. The average Bonchev–Trinajstić information content (AvgIpc) is 2.83. The Hall–Kier alpha value is -4.26. The fourth-order valence-corrected chi connectivity index (χ4v) is 3.94. The number of carbonyl (C=O) groups excluding carboxylic acids is 1. The van der Waals surface area contributed by atoms with E-state index in [-0.39, 0.29) is 11.4 Å². The quantitative estimate of drug-likeness (QED) is 0.413. The number of hydrogen-bond donors (Lipinski definition) is 2. The zero-order chi connectivity index (χ0) is 23.5. The van der Waals surface area contributed by atoms with E-state index in [0.29, 0.717) is 5.69 Å². The number of aryl methyl sites for hydroxylation is 1. The number of hydrogen-bond acceptors (Lipinski definition) is 5. The fourth-order valence-electron chi connectivity index (χ4n) is 3.94. The van der Waals surface area contributed by atoms with Crippen molar-refractivity contribution >= 4 is 28.8 Å². The van der Waals surface area contributed by atoms with Gasteiger partial charge in [0, 0.05) is 18.3 Å². The van der Waals surface area contributed by atoms with Gasteiger partial charge in [-0.05, 0) is 41.0 Å². The SMILES string of the molecule is Cc1ccc(C(=O)O)cc1-n1ccnc(N[C@@H](c2cccc3ccccc23)[C@@H](C)C=O)c1=O. The summed E-state index contributed by atoms with van der Waals surface area (Å²) in [7, 11) is 0. The Labute approximate surface area is 190 Å². The minimum Gasteiger partial charge on any atom is -0.478 e. The van der Waals surface area contributed by atoms with Crippen molar-refractivity contribution in [3.63, 3.8) is 0 Å². The van der Waals surface area contributed by atoms with E-state index in [1.807, 2.05) is 42.5 Å². The van der Waals surface area contributed by atoms with E-state index in [0.717, 1.165) is 28.2 Å². The molecular formula is C26H23N3O4. The molecule has 0 saturated heterocycles. The van der Waals surface area contributed by atoms with E-state index < -0.39 is 23.5 Å². The molecule has 33 heavy (non-hydrogen) atoms. The monoisotopic (exact) mass is 441 g/mol. The number of carboxylic acids is 1. The summed E-state index contributed by atoms with van der Waals surface area (Å²) in [5.74, 6) is -1.44. The number of nitrogens with one attached hydrogen (secondary N) is 1. The van der Waals surface area contributed by atoms with Crippen molar-refractivity contribution in [2.45, 2.75) is 19.9 Å². The lowest BCUT2D eigenvalue weighted by Gasteiger charge is -2.24. The Balaban J connectivity index is 1.81. The number of fused-ring (bicyclic) bond motifs is 1. The number of carboxylic acid groups (broad SMARTS) is 1. The van der Waals surface area contributed by atoms with Crippen LogP contribution in [0.4, 0.5) is 5.82 Å². The molecule has 0 fully saturated rings. The van der Waals surface area contributed by atoms with Gasteiger partial charge in [0.05, 0.1) is 17.3 Å². The minimum absolute atomic E-state index is 0.0734. The number of carbonyl (C=O) groups is 2. The molecule has 0 unspecified atom stereocenters. The number of benzene rings is 3. The molecule has 2 atom stereocenters. The van der Waals surface area contributed by atoms with Crippen molar-refractivity contribution in [3.05, 3.63) is 100 Å².